The Morgan fingerprint density at radius 2 is 2.12 bits per heavy atom. The molecule has 0 aliphatic heterocycles. The molecule has 0 aliphatic carbocycles. The highest BCUT2D eigenvalue weighted by atomic mass is 16.5. The minimum atomic E-state index is -0.131. The molecule has 0 spiro atoms. The van der Waals surface area contributed by atoms with Gasteiger partial charge in [0.2, 0.25) is 5.91 Å². The summed E-state index contributed by atoms with van der Waals surface area (Å²) in [5, 5.41) is 7.59. The fourth-order valence-electron chi connectivity index (χ4n) is 2.70. The number of aryl methyl sites for hydroxylation is 1. The molecule has 0 fully saturated rings. The Morgan fingerprint density at radius 1 is 1.33 bits per heavy atom. The third-order valence-corrected chi connectivity index (χ3v) is 4.05. The maximum Gasteiger partial charge on any atom is 0.239 e. The van der Waals surface area contributed by atoms with Gasteiger partial charge in [-0.3, -0.25) is 9.69 Å². The first-order valence-electron chi connectivity index (χ1n) is 8.02. The second kappa shape index (κ2) is 6.88. The van der Waals surface area contributed by atoms with Gasteiger partial charge in [-0.25, -0.2) is 0 Å². The van der Waals surface area contributed by atoms with Crippen molar-refractivity contribution >= 4 is 22.7 Å². The number of carbonyl (C=O) groups is 1. The average Bonchev–Trinajstić information content (AvgIpc) is 3.17. The molecule has 3 aromatic rings. The second-order valence-electron chi connectivity index (χ2n) is 5.80. The molecule has 1 N–H and O–H groups in total. The Hall–Kier alpha value is -2.60. The maximum absolute atomic E-state index is 12.2. The molecule has 0 bridgehead atoms. The third-order valence-electron chi connectivity index (χ3n) is 4.05. The molecule has 3 rings (SSSR count). The first kappa shape index (κ1) is 16.3. The molecule has 0 saturated heterocycles. The Morgan fingerprint density at radius 3 is 2.79 bits per heavy atom. The van der Waals surface area contributed by atoms with Crippen molar-refractivity contribution in [2.45, 2.75) is 26.8 Å². The van der Waals surface area contributed by atoms with Gasteiger partial charge in [-0.15, -0.1) is 0 Å². The van der Waals surface area contributed by atoms with Crippen LogP contribution in [0.1, 0.15) is 31.4 Å². The van der Waals surface area contributed by atoms with Gasteiger partial charge >= 0.3 is 0 Å². The lowest BCUT2D eigenvalue weighted by Crippen LogP contribution is -2.35. The first-order valence-corrected chi connectivity index (χ1v) is 8.02. The zero-order chi connectivity index (χ0) is 17.1. The Balaban J connectivity index is 1.69. The van der Waals surface area contributed by atoms with Gasteiger partial charge in [0.25, 0.3) is 0 Å². The quantitative estimate of drug-likeness (QED) is 0.746. The number of likely N-dealkylation sites (N-methyl/N-ethyl adjacent to an activating group) is 1. The van der Waals surface area contributed by atoms with Crippen molar-refractivity contribution in [2.24, 2.45) is 0 Å². The number of para-hydroxylation sites is 1. The van der Waals surface area contributed by atoms with Crippen LogP contribution in [0.2, 0.25) is 0 Å². The second-order valence-corrected chi connectivity index (χ2v) is 5.80. The van der Waals surface area contributed by atoms with E-state index in [0.717, 1.165) is 23.3 Å². The van der Waals surface area contributed by atoms with E-state index < -0.39 is 0 Å². The van der Waals surface area contributed by atoms with Crippen molar-refractivity contribution < 1.29 is 13.7 Å². The number of fused-ring (bicyclic) bond motifs is 1. The van der Waals surface area contributed by atoms with Crippen LogP contribution in [0.25, 0.3) is 11.0 Å². The summed E-state index contributed by atoms with van der Waals surface area (Å²) in [6, 6.07) is 11.6. The monoisotopic (exact) mass is 327 g/mol. The molecular weight excluding hydrogens is 306 g/mol. The van der Waals surface area contributed by atoms with E-state index in [1.165, 1.54) is 0 Å². The molecular formula is C18H21N3O3. The molecule has 24 heavy (non-hydrogen) atoms. The van der Waals surface area contributed by atoms with Crippen LogP contribution in [0.4, 0.5) is 5.82 Å². The summed E-state index contributed by atoms with van der Waals surface area (Å²) in [6.45, 7) is 6.82. The molecule has 2 aromatic heterocycles. The molecule has 126 valence electrons. The van der Waals surface area contributed by atoms with Crippen molar-refractivity contribution in [3.8, 4) is 0 Å². The van der Waals surface area contributed by atoms with Crippen molar-refractivity contribution in [1.82, 2.24) is 10.1 Å². The van der Waals surface area contributed by atoms with Gasteiger partial charge in [-0.1, -0.05) is 30.3 Å². The Labute approximate surface area is 140 Å². The summed E-state index contributed by atoms with van der Waals surface area (Å²) >= 11 is 0. The number of hydrogen-bond donors (Lipinski definition) is 1. The molecule has 1 atom stereocenters. The number of aromatic nitrogens is 1. The summed E-state index contributed by atoms with van der Waals surface area (Å²) in [5.41, 5.74) is 0.859. The lowest BCUT2D eigenvalue weighted by molar-refractivity contribution is -0.117. The highest BCUT2D eigenvalue weighted by molar-refractivity contribution is 5.91. The van der Waals surface area contributed by atoms with Crippen molar-refractivity contribution in [2.75, 3.05) is 18.4 Å². The van der Waals surface area contributed by atoms with Gasteiger partial charge in [-0.05, 0) is 32.5 Å². The number of carbonyl (C=O) groups excluding carboxylic acids is 1. The van der Waals surface area contributed by atoms with E-state index in [4.69, 9.17) is 8.94 Å². The van der Waals surface area contributed by atoms with E-state index in [9.17, 15) is 4.79 Å². The lowest BCUT2D eigenvalue weighted by atomic mass is 10.2. The molecule has 0 radical (unpaired) electrons. The lowest BCUT2D eigenvalue weighted by Gasteiger charge is -2.25. The van der Waals surface area contributed by atoms with E-state index in [0.29, 0.717) is 11.6 Å². The number of anilines is 1. The van der Waals surface area contributed by atoms with Crippen LogP contribution >= 0.6 is 0 Å². The Bertz CT molecular complexity index is 804. The molecule has 1 amide bonds. The third kappa shape index (κ3) is 3.49. The van der Waals surface area contributed by atoms with Gasteiger partial charge in [0.05, 0.1) is 12.6 Å². The van der Waals surface area contributed by atoms with Crippen LogP contribution in [-0.4, -0.2) is 29.1 Å². The van der Waals surface area contributed by atoms with E-state index in [2.05, 4.69) is 10.5 Å². The molecule has 0 aliphatic rings. The minimum Gasteiger partial charge on any atom is -0.459 e. The topological polar surface area (TPSA) is 71.5 Å². The number of benzene rings is 1. The normalized spacial score (nSPS) is 12.7. The smallest absolute Gasteiger partial charge is 0.239 e. The summed E-state index contributed by atoms with van der Waals surface area (Å²) < 4.78 is 10.9. The summed E-state index contributed by atoms with van der Waals surface area (Å²) in [7, 11) is 0. The maximum atomic E-state index is 12.2. The number of amides is 1. The van der Waals surface area contributed by atoms with E-state index in [1.807, 2.05) is 49.1 Å². The molecule has 6 nitrogen and oxygen atoms in total. The summed E-state index contributed by atoms with van der Waals surface area (Å²) in [4.78, 5) is 14.3. The molecule has 1 aromatic carbocycles. The zero-order valence-electron chi connectivity index (χ0n) is 14.1. The summed E-state index contributed by atoms with van der Waals surface area (Å²) in [6.07, 6.45) is 0. The highest BCUT2D eigenvalue weighted by Crippen LogP contribution is 2.27. The molecule has 2 heterocycles. The standard InChI is InChI=1S/C18H21N3O3/c1-4-21(11-18(22)19-17-9-12(2)24-20-17)13(3)16-10-14-7-5-6-8-15(14)23-16/h5-10,13H,4,11H2,1-3H3,(H,19,20,22). The average molecular weight is 327 g/mol. The first-order chi connectivity index (χ1) is 11.6. The SMILES string of the molecule is CCN(CC(=O)Nc1cc(C)on1)C(C)c1cc2ccccc2o1. The molecule has 1 unspecified atom stereocenters. The predicted molar refractivity (Wildman–Crippen MR) is 91.7 cm³/mol. The van der Waals surface area contributed by atoms with Crippen LogP contribution in [0, 0.1) is 6.92 Å². The van der Waals surface area contributed by atoms with Gasteiger partial charge in [-0.2, -0.15) is 0 Å². The number of rotatable bonds is 6. The van der Waals surface area contributed by atoms with Crippen LogP contribution in [0.5, 0.6) is 0 Å². The number of nitrogens with one attached hydrogen (secondary N) is 1. The van der Waals surface area contributed by atoms with Gasteiger partial charge in [0.15, 0.2) is 5.82 Å². The van der Waals surface area contributed by atoms with Crippen molar-refractivity contribution in [3.63, 3.8) is 0 Å². The minimum absolute atomic E-state index is 0.00723. The van der Waals surface area contributed by atoms with E-state index >= 15 is 0 Å². The van der Waals surface area contributed by atoms with Gasteiger partial charge in [0.1, 0.15) is 17.1 Å². The van der Waals surface area contributed by atoms with Crippen LogP contribution < -0.4 is 5.32 Å². The highest BCUT2D eigenvalue weighted by Gasteiger charge is 2.21. The number of nitrogens with zero attached hydrogens (tertiary/aromatic N) is 2. The molecule has 6 heteroatoms. The predicted octanol–water partition coefficient (Wildman–Crippen LogP) is 3.75. The summed E-state index contributed by atoms with van der Waals surface area (Å²) in [5.74, 6) is 1.81. The largest absolute Gasteiger partial charge is 0.459 e. The van der Waals surface area contributed by atoms with E-state index in [-0.39, 0.29) is 18.5 Å². The fourth-order valence-corrected chi connectivity index (χ4v) is 2.70. The van der Waals surface area contributed by atoms with Crippen LogP contribution in [0.3, 0.4) is 0 Å². The van der Waals surface area contributed by atoms with Gasteiger partial charge < -0.3 is 14.3 Å². The van der Waals surface area contributed by atoms with Gasteiger partial charge in [0, 0.05) is 11.5 Å². The number of furan rings is 1. The van der Waals surface area contributed by atoms with Crippen LogP contribution in [0.15, 0.2) is 45.3 Å². The van der Waals surface area contributed by atoms with Crippen LogP contribution in [-0.2, 0) is 4.79 Å². The number of hydrogen-bond acceptors (Lipinski definition) is 5. The molecule has 0 saturated carbocycles. The Kier molecular flexibility index (Phi) is 4.66. The fraction of sp³-hybridized carbons (Fsp3) is 0.333. The van der Waals surface area contributed by atoms with Crippen molar-refractivity contribution in [3.05, 3.63) is 47.9 Å². The zero-order valence-corrected chi connectivity index (χ0v) is 14.1. The van der Waals surface area contributed by atoms with E-state index in [1.54, 1.807) is 13.0 Å². The van der Waals surface area contributed by atoms with Crippen molar-refractivity contribution in [1.29, 1.82) is 0 Å².